The Hall–Kier alpha value is -6.03. The molecule has 0 unspecified atom stereocenters. The Balaban J connectivity index is 1.32. The molecule has 49 heavy (non-hydrogen) atoms. The Kier molecular flexibility index (Phi) is 7.45. The molecule has 7 aromatic carbocycles. The van der Waals surface area contributed by atoms with Gasteiger partial charge in [-0.05, 0) is 68.8 Å². The minimum absolute atomic E-state index is 0.700. The zero-order chi connectivity index (χ0) is 32.6. The third kappa shape index (κ3) is 5.44. The number of nitrogens with zero attached hydrogens (tertiary/aromatic N) is 2. The summed E-state index contributed by atoms with van der Waals surface area (Å²) in [6, 6.07) is 64.7. The molecule has 0 saturated heterocycles. The van der Waals surface area contributed by atoms with Crippen LogP contribution in [-0.4, -0.2) is 9.97 Å². The van der Waals surface area contributed by atoms with Gasteiger partial charge < -0.3 is 0 Å². The number of hydrogen-bond donors (Lipinski definition) is 0. The molecule has 0 amide bonds. The molecular formula is C46H30N2S. The molecular weight excluding hydrogens is 613 g/mol. The van der Waals surface area contributed by atoms with Gasteiger partial charge in [0.15, 0.2) is 5.82 Å². The molecule has 0 bridgehead atoms. The predicted octanol–water partition coefficient (Wildman–Crippen LogP) is 12.6. The molecule has 2 nitrogen and oxygen atoms in total. The highest BCUT2D eigenvalue weighted by Crippen LogP contribution is 2.49. The molecule has 0 spiro atoms. The summed E-state index contributed by atoms with van der Waals surface area (Å²) in [5, 5.41) is 0. The van der Waals surface area contributed by atoms with Gasteiger partial charge in [-0.25, -0.2) is 9.97 Å². The molecule has 0 N–H and O–H groups in total. The van der Waals surface area contributed by atoms with Crippen molar-refractivity contribution in [2.45, 2.75) is 9.79 Å². The topological polar surface area (TPSA) is 25.8 Å². The largest absolute Gasteiger partial charge is 0.228 e. The van der Waals surface area contributed by atoms with Crippen LogP contribution in [0.25, 0.3) is 78.4 Å². The zero-order valence-corrected chi connectivity index (χ0v) is 27.4. The molecule has 8 aromatic rings. The van der Waals surface area contributed by atoms with E-state index in [0.29, 0.717) is 5.82 Å². The normalized spacial score (nSPS) is 11.6. The second-order valence-electron chi connectivity index (χ2n) is 12.1. The number of benzene rings is 7. The molecule has 0 saturated carbocycles. The summed E-state index contributed by atoms with van der Waals surface area (Å²) in [5.41, 5.74) is 14.5. The van der Waals surface area contributed by atoms with E-state index in [2.05, 4.69) is 170 Å². The van der Waals surface area contributed by atoms with E-state index in [1.807, 2.05) is 23.9 Å². The first-order chi connectivity index (χ1) is 24.3. The Morgan fingerprint density at radius 3 is 1.18 bits per heavy atom. The van der Waals surface area contributed by atoms with Crippen molar-refractivity contribution < 1.29 is 0 Å². The molecule has 1 aliphatic heterocycles. The summed E-state index contributed by atoms with van der Waals surface area (Å²) in [6.07, 6.45) is 0. The Labute approximate surface area is 290 Å². The van der Waals surface area contributed by atoms with Crippen LogP contribution in [0.2, 0.25) is 0 Å². The van der Waals surface area contributed by atoms with E-state index in [1.54, 1.807) is 0 Å². The molecule has 230 valence electrons. The lowest BCUT2D eigenvalue weighted by Gasteiger charge is -2.18. The SMILES string of the molecule is c1ccc(-c2cc(-c3ccccc3)nc(-c3ccc4c(c3)-c3ccccc3Sc3ccccc3-c3ccccc3-c3ccccc3-4)n2)cc1. The second kappa shape index (κ2) is 12.5. The van der Waals surface area contributed by atoms with Gasteiger partial charge >= 0.3 is 0 Å². The van der Waals surface area contributed by atoms with Crippen molar-refractivity contribution in [3.63, 3.8) is 0 Å². The fourth-order valence-corrected chi connectivity index (χ4v) is 7.92. The lowest BCUT2D eigenvalue weighted by molar-refractivity contribution is 1.18. The molecule has 9 rings (SSSR count). The van der Waals surface area contributed by atoms with Crippen molar-refractivity contribution in [1.29, 1.82) is 0 Å². The third-order valence-electron chi connectivity index (χ3n) is 9.15. The summed E-state index contributed by atoms with van der Waals surface area (Å²) in [5.74, 6) is 0.700. The van der Waals surface area contributed by atoms with E-state index in [0.717, 1.165) is 33.6 Å². The monoisotopic (exact) mass is 642 g/mol. The third-order valence-corrected chi connectivity index (χ3v) is 10.3. The van der Waals surface area contributed by atoms with E-state index in [-0.39, 0.29) is 0 Å². The van der Waals surface area contributed by atoms with Crippen molar-refractivity contribution in [1.82, 2.24) is 9.97 Å². The average Bonchev–Trinajstić information content (AvgIpc) is 3.20. The van der Waals surface area contributed by atoms with E-state index < -0.39 is 0 Å². The summed E-state index contributed by atoms with van der Waals surface area (Å²) in [6.45, 7) is 0. The van der Waals surface area contributed by atoms with Gasteiger partial charge in [-0.1, -0.05) is 169 Å². The van der Waals surface area contributed by atoms with E-state index >= 15 is 0 Å². The van der Waals surface area contributed by atoms with Gasteiger partial charge in [0.2, 0.25) is 0 Å². The zero-order valence-electron chi connectivity index (χ0n) is 26.6. The molecule has 0 fully saturated rings. The van der Waals surface area contributed by atoms with E-state index in [4.69, 9.17) is 9.97 Å². The lowest BCUT2D eigenvalue weighted by atomic mass is 9.86. The predicted molar refractivity (Wildman–Crippen MR) is 204 cm³/mol. The van der Waals surface area contributed by atoms with Crippen molar-refractivity contribution in [3.8, 4) is 78.4 Å². The van der Waals surface area contributed by atoms with Crippen molar-refractivity contribution >= 4 is 11.8 Å². The quantitative estimate of drug-likeness (QED) is 0.192. The summed E-state index contributed by atoms with van der Waals surface area (Å²) in [4.78, 5) is 12.8. The highest BCUT2D eigenvalue weighted by Gasteiger charge is 2.22. The van der Waals surface area contributed by atoms with Gasteiger partial charge in [0, 0.05) is 26.5 Å². The average molecular weight is 643 g/mol. The molecule has 1 aliphatic rings. The fourth-order valence-electron chi connectivity index (χ4n) is 6.81. The van der Waals surface area contributed by atoms with Gasteiger partial charge in [-0.3, -0.25) is 0 Å². The number of hydrogen-bond acceptors (Lipinski definition) is 3. The Bertz CT molecular complexity index is 2410. The lowest BCUT2D eigenvalue weighted by Crippen LogP contribution is -1.97. The van der Waals surface area contributed by atoms with Crippen LogP contribution in [-0.2, 0) is 0 Å². The number of aromatic nitrogens is 2. The van der Waals surface area contributed by atoms with Crippen LogP contribution in [0, 0.1) is 0 Å². The number of fused-ring (bicyclic) bond motifs is 9. The van der Waals surface area contributed by atoms with E-state index in [1.165, 1.54) is 48.7 Å². The first-order valence-corrected chi connectivity index (χ1v) is 17.3. The Morgan fingerprint density at radius 2 is 0.673 bits per heavy atom. The Morgan fingerprint density at radius 1 is 0.286 bits per heavy atom. The van der Waals surface area contributed by atoms with Gasteiger partial charge in [0.1, 0.15) is 0 Å². The highest BCUT2D eigenvalue weighted by atomic mass is 32.2. The van der Waals surface area contributed by atoms with Gasteiger partial charge in [-0.2, -0.15) is 0 Å². The highest BCUT2D eigenvalue weighted by molar-refractivity contribution is 7.99. The second-order valence-corrected chi connectivity index (χ2v) is 13.2. The van der Waals surface area contributed by atoms with Crippen LogP contribution in [0.15, 0.2) is 192 Å². The molecule has 3 heteroatoms. The van der Waals surface area contributed by atoms with Gasteiger partial charge in [0.25, 0.3) is 0 Å². The smallest absolute Gasteiger partial charge is 0.160 e. The molecule has 0 radical (unpaired) electrons. The van der Waals surface area contributed by atoms with Crippen LogP contribution in [0.4, 0.5) is 0 Å². The van der Waals surface area contributed by atoms with Gasteiger partial charge in [0.05, 0.1) is 11.4 Å². The fraction of sp³-hybridized carbons (Fsp3) is 0. The maximum Gasteiger partial charge on any atom is 0.160 e. The van der Waals surface area contributed by atoms with E-state index in [9.17, 15) is 0 Å². The van der Waals surface area contributed by atoms with Crippen molar-refractivity contribution in [3.05, 3.63) is 182 Å². The van der Waals surface area contributed by atoms with Crippen LogP contribution in [0.3, 0.4) is 0 Å². The van der Waals surface area contributed by atoms with Crippen molar-refractivity contribution in [2.75, 3.05) is 0 Å². The molecule has 2 heterocycles. The van der Waals surface area contributed by atoms with Gasteiger partial charge in [-0.15, -0.1) is 0 Å². The summed E-state index contributed by atoms with van der Waals surface area (Å²) >= 11 is 1.82. The summed E-state index contributed by atoms with van der Waals surface area (Å²) in [7, 11) is 0. The molecule has 1 aromatic heterocycles. The summed E-state index contributed by atoms with van der Waals surface area (Å²) < 4.78 is 0. The van der Waals surface area contributed by atoms with Crippen LogP contribution < -0.4 is 0 Å². The van der Waals surface area contributed by atoms with Crippen LogP contribution >= 0.6 is 11.8 Å². The molecule has 0 atom stereocenters. The van der Waals surface area contributed by atoms with Crippen LogP contribution in [0.1, 0.15) is 0 Å². The minimum Gasteiger partial charge on any atom is -0.228 e. The molecule has 0 aliphatic carbocycles. The maximum absolute atomic E-state index is 5.18. The standard InChI is InChI=1S/C46H30N2S/c1-3-15-31(16-4-1)42-30-43(32-17-5-2-6-18-32)48-46(47-42)33-27-28-38-36-21-8-7-19-34(36)35-20-9-10-22-37(35)39-23-11-13-25-44(39)49-45-26-14-12-24-40(45)41(38)29-33/h1-30H. The number of rotatable bonds is 3. The maximum atomic E-state index is 5.18. The van der Waals surface area contributed by atoms with Crippen LogP contribution in [0.5, 0.6) is 0 Å². The van der Waals surface area contributed by atoms with Crippen molar-refractivity contribution in [2.24, 2.45) is 0 Å². The first kappa shape index (κ1) is 29.1. The minimum atomic E-state index is 0.700. The first-order valence-electron chi connectivity index (χ1n) is 16.5.